The van der Waals surface area contributed by atoms with E-state index in [0.717, 1.165) is 51.4 Å². The van der Waals surface area contributed by atoms with Crippen LogP contribution in [-0.2, 0) is 8.85 Å². The highest BCUT2D eigenvalue weighted by atomic mass is 28.4. The predicted molar refractivity (Wildman–Crippen MR) is 163 cm³/mol. The Kier molecular flexibility index (Phi) is 12.2. The molecule has 0 fully saturated rings. The predicted octanol–water partition coefficient (Wildman–Crippen LogP) is 7.01. The lowest BCUT2D eigenvalue weighted by Crippen LogP contribution is -2.79. The van der Waals surface area contributed by atoms with Crippen LogP contribution in [0.2, 0.25) is 26.2 Å². The quantitative estimate of drug-likeness (QED) is 0.218. The van der Waals surface area contributed by atoms with E-state index in [2.05, 4.69) is 115 Å². The van der Waals surface area contributed by atoms with E-state index in [9.17, 15) is 0 Å². The van der Waals surface area contributed by atoms with Crippen LogP contribution in [0.15, 0.2) is 60.7 Å². The van der Waals surface area contributed by atoms with Gasteiger partial charge in [-0.2, -0.15) is 0 Å². The molecule has 0 radical (unpaired) electrons. The minimum Gasteiger partial charge on any atom is -0.414 e. The highest BCUT2D eigenvalue weighted by Crippen LogP contribution is 2.41. The van der Waals surface area contributed by atoms with Crippen LogP contribution in [0.5, 0.6) is 0 Å². The maximum atomic E-state index is 8.11. The van der Waals surface area contributed by atoms with Gasteiger partial charge in [0.05, 0.1) is 14.0 Å². The summed E-state index contributed by atoms with van der Waals surface area (Å²) in [6, 6.07) is 22.6. The Labute approximate surface area is 221 Å². The highest BCUT2D eigenvalue weighted by Gasteiger charge is 2.61. The third-order valence-corrected chi connectivity index (χ3v) is 16.6. The van der Waals surface area contributed by atoms with Crippen molar-refractivity contribution in [3.05, 3.63) is 60.7 Å². The molecule has 2 aromatic carbocycles. The number of hydrogen-bond donors (Lipinski definition) is 0. The Bertz CT molecular complexity index is 788. The molecule has 0 atom stereocenters. The molecule has 0 aromatic heterocycles. The van der Waals surface area contributed by atoms with Crippen molar-refractivity contribution in [2.24, 2.45) is 0 Å². The molecular weight excluding hydrogens is 477 g/mol. The van der Waals surface area contributed by atoms with Gasteiger partial charge in [-0.1, -0.05) is 127 Å². The Hall–Kier alpha value is -0.989. The Morgan fingerprint density at radius 1 is 0.629 bits per heavy atom. The maximum Gasteiger partial charge on any atom is 0.286 e. The van der Waals surface area contributed by atoms with Gasteiger partial charge < -0.3 is 8.85 Å². The van der Waals surface area contributed by atoms with Crippen LogP contribution in [0.4, 0.5) is 0 Å². The van der Waals surface area contributed by atoms with E-state index in [0.29, 0.717) is 0 Å². The van der Waals surface area contributed by atoms with Crippen molar-refractivity contribution in [1.29, 1.82) is 0 Å². The molecule has 0 spiro atoms. The first-order chi connectivity index (χ1) is 16.8. The van der Waals surface area contributed by atoms with E-state index in [4.69, 9.17) is 8.85 Å². The summed E-state index contributed by atoms with van der Waals surface area (Å²) >= 11 is 0. The highest BCUT2D eigenvalue weighted by molar-refractivity contribution is 7.00. The summed E-state index contributed by atoms with van der Waals surface area (Å²) in [6.45, 7) is 19.0. The van der Waals surface area contributed by atoms with Gasteiger partial charge in [0.1, 0.15) is 0 Å². The van der Waals surface area contributed by atoms with Gasteiger partial charge in [-0.15, -0.1) is 0 Å². The van der Waals surface area contributed by atoms with E-state index in [1.54, 1.807) is 0 Å². The van der Waals surface area contributed by atoms with Crippen molar-refractivity contribution in [1.82, 2.24) is 0 Å². The molecule has 0 saturated carbocycles. The molecule has 2 aromatic rings. The largest absolute Gasteiger partial charge is 0.414 e. The van der Waals surface area contributed by atoms with E-state index >= 15 is 0 Å². The minimum atomic E-state index is -2.86. The normalized spacial score (nSPS) is 13.1. The van der Waals surface area contributed by atoms with Gasteiger partial charge >= 0.3 is 0 Å². The zero-order valence-electron chi connectivity index (χ0n) is 23.9. The molecule has 0 heterocycles. The van der Waals surface area contributed by atoms with Gasteiger partial charge in [0.15, 0.2) is 9.04 Å². The summed E-state index contributed by atoms with van der Waals surface area (Å²) in [5.74, 6) is 0. The third-order valence-electron chi connectivity index (χ3n) is 7.53. The second kappa shape index (κ2) is 14.1. The van der Waals surface area contributed by atoms with E-state index < -0.39 is 26.2 Å². The van der Waals surface area contributed by atoms with Crippen LogP contribution in [-0.4, -0.2) is 36.6 Å². The van der Waals surface area contributed by atoms with Crippen LogP contribution in [0.3, 0.4) is 0 Å². The zero-order chi connectivity index (χ0) is 26.0. The Morgan fingerprint density at radius 3 is 1.34 bits per heavy atom. The van der Waals surface area contributed by atoms with Gasteiger partial charge in [-0.3, -0.25) is 0 Å². The van der Waals surface area contributed by atoms with E-state index in [1.807, 2.05) is 0 Å². The molecule has 0 aliphatic carbocycles. The van der Waals surface area contributed by atoms with Gasteiger partial charge in [-0.05, 0) is 49.2 Å². The first kappa shape index (κ1) is 30.2. The van der Waals surface area contributed by atoms with Crippen molar-refractivity contribution in [3.8, 4) is 0 Å². The molecule has 2 rings (SSSR count). The molecule has 196 valence electrons. The molecule has 0 aliphatic rings. The molecule has 2 nitrogen and oxygen atoms in total. The van der Waals surface area contributed by atoms with Crippen LogP contribution in [0.25, 0.3) is 0 Å². The lowest BCUT2D eigenvalue weighted by atomic mass is 10.1. The van der Waals surface area contributed by atoms with Crippen LogP contribution >= 0.6 is 0 Å². The van der Waals surface area contributed by atoms with Crippen LogP contribution in [0, 0.1) is 0 Å². The zero-order valence-corrected chi connectivity index (χ0v) is 27.2. The standard InChI is InChI=1S/C30H52O2Si3/c1-9-23-29(24-10-2,33(5)6)32-35(27-19-15-13-16-20-27,28-21-17-14-18-22-28)30(25-11-3,26-12-4)31-34(7)8/h13-22,33-34H,9-12,23-26H2,1-8H3. The summed E-state index contributed by atoms with van der Waals surface area (Å²) in [5.41, 5.74) is 0. The molecule has 0 N–H and O–H groups in total. The van der Waals surface area contributed by atoms with E-state index in [1.165, 1.54) is 10.4 Å². The number of benzene rings is 2. The third kappa shape index (κ3) is 6.67. The van der Waals surface area contributed by atoms with Gasteiger partial charge in [-0.25, -0.2) is 0 Å². The molecule has 0 saturated heterocycles. The summed E-state index contributed by atoms with van der Waals surface area (Å²) < 4.78 is 15.5. The number of rotatable bonds is 16. The second-order valence-electron chi connectivity index (χ2n) is 10.9. The van der Waals surface area contributed by atoms with Crippen molar-refractivity contribution in [2.75, 3.05) is 0 Å². The average molecular weight is 529 g/mol. The first-order valence-corrected chi connectivity index (χ1v) is 21.8. The van der Waals surface area contributed by atoms with Gasteiger partial charge in [0.2, 0.25) is 0 Å². The van der Waals surface area contributed by atoms with Crippen molar-refractivity contribution >= 4 is 36.5 Å². The fourth-order valence-corrected chi connectivity index (χ4v) is 17.1. The molecule has 0 amide bonds. The summed E-state index contributed by atoms with van der Waals surface area (Å²) in [5, 5.41) is 2.47. The fourth-order valence-electron chi connectivity index (χ4n) is 6.26. The average Bonchev–Trinajstić information content (AvgIpc) is 2.83. The van der Waals surface area contributed by atoms with Crippen molar-refractivity contribution in [2.45, 2.75) is 116 Å². The van der Waals surface area contributed by atoms with Crippen molar-refractivity contribution < 1.29 is 8.85 Å². The molecule has 35 heavy (non-hydrogen) atoms. The van der Waals surface area contributed by atoms with Gasteiger partial charge in [0, 0.05) is 5.22 Å². The Balaban J connectivity index is 3.05. The first-order valence-electron chi connectivity index (χ1n) is 14.3. The maximum absolute atomic E-state index is 8.11. The smallest absolute Gasteiger partial charge is 0.286 e. The molecule has 5 heteroatoms. The minimum absolute atomic E-state index is 0.0317. The fraction of sp³-hybridized carbons (Fsp3) is 0.600. The molecule has 0 unspecified atom stereocenters. The monoisotopic (exact) mass is 528 g/mol. The van der Waals surface area contributed by atoms with Crippen molar-refractivity contribution in [3.63, 3.8) is 0 Å². The molecular formula is C30H52O2Si3. The van der Waals surface area contributed by atoms with E-state index in [-0.39, 0.29) is 10.4 Å². The summed E-state index contributed by atoms with van der Waals surface area (Å²) in [4.78, 5) is 0. The number of hydrogen-bond acceptors (Lipinski definition) is 2. The SMILES string of the molecule is CCCC(CCC)(O[Si](c1ccccc1)(c1ccccc1)C(CCC)(CCC)O[SiH](C)C)[SiH](C)C. The lowest BCUT2D eigenvalue weighted by Gasteiger charge is -2.55. The Morgan fingerprint density at radius 2 is 1.03 bits per heavy atom. The topological polar surface area (TPSA) is 18.5 Å². The van der Waals surface area contributed by atoms with Crippen LogP contribution in [0.1, 0.15) is 79.1 Å². The molecule has 0 aliphatic heterocycles. The summed E-state index contributed by atoms with van der Waals surface area (Å²) in [6.07, 6.45) is 8.92. The summed E-state index contributed by atoms with van der Waals surface area (Å²) in [7, 11) is -5.40. The van der Waals surface area contributed by atoms with Gasteiger partial charge in [0.25, 0.3) is 8.32 Å². The lowest BCUT2D eigenvalue weighted by molar-refractivity contribution is 0.0549. The molecule has 0 bridgehead atoms. The second-order valence-corrected chi connectivity index (χ2v) is 20.2. The van der Waals surface area contributed by atoms with Crippen LogP contribution < -0.4 is 10.4 Å².